The van der Waals surface area contributed by atoms with Gasteiger partial charge < -0.3 is 14.8 Å². The zero-order valence-electron chi connectivity index (χ0n) is 14.5. The number of benzene rings is 2. The highest BCUT2D eigenvalue weighted by Crippen LogP contribution is 2.27. The quantitative estimate of drug-likeness (QED) is 0.430. The van der Waals surface area contributed by atoms with E-state index in [-0.39, 0.29) is 0 Å². The molecule has 6 heteroatoms. The van der Waals surface area contributed by atoms with Crippen LogP contribution in [-0.4, -0.2) is 24.5 Å². The summed E-state index contributed by atoms with van der Waals surface area (Å²) in [5, 5.41) is 7.73. The third-order valence-corrected chi connectivity index (χ3v) is 3.48. The minimum atomic E-state index is 0.469. The number of hydrazone groups is 1. The van der Waals surface area contributed by atoms with Gasteiger partial charge in [-0.2, -0.15) is 5.10 Å². The van der Waals surface area contributed by atoms with Crippen molar-refractivity contribution in [3.63, 3.8) is 0 Å². The van der Waals surface area contributed by atoms with E-state index in [4.69, 9.17) is 21.7 Å². The third kappa shape index (κ3) is 6.43. The molecule has 5 nitrogen and oxygen atoms in total. The molecule has 0 unspecified atom stereocenters. The van der Waals surface area contributed by atoms with Crippen LogP contribution < -0.4 is 20.2 Å². The van der Waals surface area contributed by atoms with Gasteiger partial charge in [-0.25, -0.2) is 0 Å². The van der Waals surface area contributed by atoms with Crippen LogP contribution in [0, 0.1) is 0 Å². The van der Waals surface area contributed by atoms with Gasteiger partial charge in [-0.1, -0.05) is 30.3 Å². The molecule has 0 saturated carbocycles. The second kappa shape index (κ2) is 10.3. The molecule has 2 N–H and O–H groups in total. The molecule has 0 aliphatic rings. The SMILES string of the molecule is CCOc1ccc(/C=N\NC(=S)NCc2ccccc2)cc1OCC. The minimum absolute atomic E-state index is 0.469. The summed E-state index contributed by atoms with van der Waals surface area (Å²) >= 11 is 5.21. The predicted molar refractivity (Wildman–Crippen MR) is 105 cm³/mol. The van der Waals surface area contributed by atoms with Crippen LogP contribution in [0.15, 0.2) is 53.6 Å². The topological polar surface area (TPSA) is 54.9 Å². The molecule has 0 fully saturated rings. The van der Waals surface area contributed by atoms with E-state index >= 15 is 0 Å². The Hall–Kier alpha value is -2.60. The average Bonchev–Trinajstić information content (AvgIpc) is 2.63. The van der Waals surface area contributed by atoms with Gasteiger partial charge in [0, 0.05) is 6.54 Å². The van der Waals surface area contributed by atoms with Crippen molar-refractivity contribution >= 4 is 23.5 Å². The molecule has 0 bridgehead atoms. The molecule has 0 saturated heterocycles. The van der Waals surface area contributed by atoms with Gasteiger partial charge in [-0.3, -0.25) is 5.43 Å². The van der Waals surface area contributed by atoms with E-state index in [2.05, 4.69) is 15.8 Å². The number of thiocarbonyl (C=S) groups is 1. The first-order valence-corrected chi connectivity index (χ1v) is 8.64. The van der Waals surface area contributed by atoms with E-state index in [0.717, 1.165) is 16.9 Å². The number of hydrogen-bond acceptors (Lipinski definition) is 4. The summed E-state index contributed by atoms with van der Waals surface area (Å²) in [6.07, 6.45) is 1.69. The van der Waals surface area contributed by atoms with Crippen molar-refractivity contribution in [3.05, 3.63) is 59.7 Å². The molecule has 132 valence electrons. The Morgan fingerprint density at radius 2 is 1.76 bits per heavy atom. The van der Waals surface area contributed by atoms with Crippen molar-refractivity contribution in [1.82, 2.24) is 10.7 Å². The van der Waals surface area contributed by atoms with Crippen LogP contribution in [-0.2, 0) is 6.54 Å². The maximum Gasteiger partial charge on any atom is 0.187 e. The lowest BCUT2D eigenvalue weighted by Crippen LogP contribution is -2.31. The number of ether oxygens (including phenoxy) is 2. The molecule has 0 spiro atoms. The predicted octanol–water partition coefficient (Wildman–Crippen LogP) is 3.48. The van der Waals surface area contributed by atoms with E-state index in [1.807, 2.05) is 62.4 Å². The van der Waals surface area contributed by atoms with Crippen LogP contribution in [0.5, 0.6) is 11.5 Å². The summed E-state index contributed by atoms with van der Waals surface area (Å²) < 4.78 is 11.1. The van der Waals surface area contributed by atoms with Gasteiger partial charge >= 0.3 is 0 Å². The Kier molecular flexibility index (Phi) is 7.72. The van der Waals surface area contributed by atoms with Crippen LogP contribution in [0.4, 0.5) is 0 Å². The lowest BCUT2D eigenvalue weighted by molar-refractivity contribution is 0.288. The molecule has 0 atom stereocenters. The highest BCUT2D eigenvalue weighted by atomic mass is 32.1. The van der Waals surface area contributed by atoms with Crippen molar-refractivity contribution in [2.45, 2.75) is 20.4 Å². The normalized spacial score (nSPS) is 10.5. The smallest absolute Gasteiger partial charge is 0.187 e. The lowest BCUT2D eigenvalue weighted by atomic mass is 10.2. The van der Waals surface area contributed by atoms with Gasteiger partial charge in [0.15, 0.2) is 16.6 Å². The Balaban J connectivity index is 1.88. The van der Waals surface area contributed by atoms with Gasteiger partial charge in [-0.05, 0) is 55.4 Å². The largest absolute Gasteiger partial charge is 0.490 e. The van der Waals surface area contributed by atoms with Crippen LogP contribution in [0.25, 0.3) is 0 Å². The Bertz CT molecular complexity index is 705. The Morgan fingerprint density at radius 1 is 1.04 bits per heavy atom. The van der Waals surface area contributed by atoms with Gasteiger partial charge in [0.05, 0.1) is 19.4 Å². The molecule has 2 aromatic carbocycles. The number of nitrogens with one attached hydrogen (secondary N) is 2. The van der Waals surface area contributed by atoms with E-state index < -0.39 is 0 Å². The highest BCUT2D eigenvalue weighted by Gasteiger charge is 2.05. The first-order valence-electron chi connectivity index (χ1n) is 8.23. The summed E-state index contributed by atoms with van der Waals surface area (Å²) in [6.45, 7) is 5.70. The first-order chi connectivity index (χ1) is 12.2. The van der Waals surface area contributed by atoms with E-state index in [9.17, 15) is 0 Å². The molecule has 0 amide bonds. The summed E-state index contributed by atoms with van der Waals surface area (Å²) in [5.41, 5.74) is 4.86. The van der Waals surface area contributed by atoms with E-state index in [1.54, 1.807) is 6.21 Å². The third-order valence-electron chi connectivity index (χ3n) is 3.24. The first kappa shape index (κ1) is 18.7. The van der Waals surface area contributed by atoms with Crippen LogP contribution >= 0.6 is 12.2 Å². The molecule has 0 aliphatic carbocycles. The van der Waals surface area contributed by atoms with Crippen molar-refractivity contribution in [2.75, 3.05) is 13.2 Å². The fourth-order valence-corrected chi connectivity index (χ4v) is 2.26. The van der Waals surface area contributed by atoms with Gasteiger partial charge in [0.1, 0.15) is 0 Å². The molecule has 2 rings (SSSR count). The second-order valence-electron chi connectivity index (χ2n) is 5.11. The molecule has 25 heavy (non-hydrogen) atoms. The van der Waals surface area contributed by atoms with Crippen molar-refractivity contribution in [3.8, 4) is 11.5 Å². The maximum atomic E-state index is 5.60. The van der Waals surface area contributed by atoms with Gasteiger partial charge in [0.2, 0.25) is 0 Å². The highest BCUT2D eigenvalue weighted by molar-refractivity contribution is 7.80. The summed E-state index contributed by atoms with van der Waals surface area (Å²) in [4.78, 5) is 0. The molecule has 0 aliphatic heterocycles. The average molecular weight is 357 g/mol. The lowest BCUT2D eigenvalue weighted by Gasteiger charge is -2.11. The molecule has 0 heterocycles. The van der Waals surface area contributed by atoms with E-state index in [1.165, 1.54) is 0 Å². The zero-order valence-corrected chi connectivity index (χ0v) is 15.3. The van der Waals surface area contributed by atoms with Crippen molar-refractivity contribution in [1.29, 1.82) is 0 Å². The molecule has 0 radical (unpaired) electrons. The van der Waals surface area contributed by atoms with Crippen molar-refractivity contribution < 1.29 is 9.47 Å². The van der Waals surface area contributed by atoms with Crippen LogP contribution in [0.2, 0.25) is 0 Å². The van der Waals surface area contributed by atoms with Crippen LogP contribution in [0.3, 0.4) is 0 Å². The second-order valence-corrected chi connectivity index (χ2v) is 5.52. The zero-order chi connectivity index (χ0) is 17.9. The fraction of sp³-hybridized carbons (Fsp3) is 0.263. The van der Waals surface area contributed by atoms with E-state index in [0.29, 0.717) is 30.6 Å². The number of hydrogen-bond donors (Lipinski definition) is 2. The number of rotatable bonds is 8. The number of nitrogens with zero attached hydrogens (tertiary/aromatic N) is 1. The molecule has 2 aromatic rings. The molecular formula is C19H23N3O2S. The molecule has 0 aromatic heterocycles. The summed E-state index contributed by atoms with van der Waals surface area (Å²) in [5.74, 6) is 1.44. The standard InChI is InChI=1S/C19H23N3O2S/c1-3-23-17-11-10-16(12-18(17)24-4-2)14-21-22-19(25)20-13-15-8-6-5-7-9-15/h5-12,14H,3-4,13H2,1-2H3,(H2,20,22,25)/b21-14-. The monoisotopic (exact) mass is 357 g/mol. The van der Waals surface area contributed by atoms with Gasteiger partial charge in [0.25, 0.3) is 0 Å². The minimum Gasteiger partial charge on any atom is -0.490 e. The summed E-state index contributed by atoms with van der Waals surface area (Å²) in [6, 6.07) is 15.7. The Labute approximate surface area is 154 Å². The summed E-state index contributed by atoms with van der Waals surface area (Å²) in [7, 11) is 0. The maximum absolute atomic E-state index is 5.60. The Morgan fingerprint density at radius 3 is 2.48 bits per heavy atom. The fourth-order valence-electron chi connectivity index (χ4n) is 2.13. The van der Waals surface area contributed by atoms with Crippen LogP contribution in [0.1, 0.15) is 25.0 Å². The van der Waals surface area contributed by atoms with Crippen molar-refractivity contribution in [2.24, 2.45) is 5.10 Å². The molecular weight excluding hydrogens is 334 g/mol. The van der Waals surface area contributed by atoms with Gasteiger partial charge in [-0.15, -0.1) is 0 Å².